The molecule has 36 heavy (non-hydrogen) atoms. The summed E-state index contributed by atoms with van der Waals surface area (Å²) in [5.41, 5.74) is 0. The van der Waals surface area contributed by atoms with Crippen LogP contribution in [0.2, 0.25) is 0 Å². The standard InChI is InChI=1S/C19H31F3N2O12/c1-7(27)24-10-12(29)15(36-17-14(31)13(30)11(28)8(5-25)34-17)9(6-26)35-16(10)33-4-2-3-23-18(32)19(20,21)22/h8-17,25-26,28-31H,2-6H2,1H3,(H,23,32)(H,24,27)/t8-,9-,10-,11-,12-,13+,14-,15-,16-,17+/m1/s1. The highest BCUT2D eigenvalue weighted by Gasteiger charge is 2.51. The van der Waals surface area contributed by atoms with Gasteiger partial charge in [-0.1, -0.05) is 0 Å². The van der Waals surface area contributed by atoms with Gasteiger partial charge >= 0.3 is 12.1 Å². The molecule has 2 aliphatic heterocycles. The van der Waals surface area contributed by atoms with Crippen LogP contribution in [0.4, 0.5) is 13.2 Å². The molecule has 2 aliphatic rings. The molecule has 14 nitrogen and oxygen atoms in total. The number of aliphatic hydroxyl groups is 6. The smallest absolute Gasteiger partial charge is 0.394 e. The van der Waals surface area contributed by atoms with Gasteiger partial charge in [0.05, 0.1) is 19.8 Å². The Morgan fingerprint density at radius 2 is 1.53 bits per heavy atom. The van der Waals surface area contributed by atoms with Crippen LogP contribution in [-0.4, -0.2) is 136 Å². The van der Waals surface area contributed by atoms with Gasteiger partial charge in [-0.25, -0.2) is 0 Å². The van der Waals surface area contributed by atoms with Gasteiger partial charge in [0.1, 0.15) is 48.8 Å². The minimum absolute atomic E-state index is 0.0981. The van der Waals surface area contributed by atoms with Crippen LogP contribution in [0.25, 0.3) is 0 Å². The number of halogens is 3. The summed E-state index contributed by atoms with van der Waals surface area (Å²) in [6.45, 7) is -1.08. The van der Waals surface area contributed by atoms with Crippen molar-refractivity contribution in [3.63, 3.8) is 0 Å². The first-order valence-electron chi connectivity index (χ1n) is 11.0. The van der Waals surface area contributed by atoms with E-state index in [9.17, 15) is 53.4 Å². The van der Waals surface area contributed by atoms with E-state index in [0.29, 0.717) is 0 Å². The second-order valence-corrected chi connectivity index (χ2v) is 8.22. The van der Waals surface area contributed by atoms with Crippen LogP contribution >= 0.6 is 0 Å². The molecule has 2 saturated heterocycles. The Hall–Kier alpha value is -1.67. The summed E-state index contributed by atoms with van der Waals surface area (Å²) in [5.74, 6) is -2.76. The Kier molecular flexibility index (Phi) is 11.2. The molecular weight excluding hydrogens is 505 g/mol. The summed E-state index contributed by atoms with van der Waals surface area (Å²) >= 11 is 0. The maximum Gasteiger partial charge on any atom is 0.471 e. The zero-order valence-corrected chi connectivity index (χ0v) is 19.1. The minimum Gasteiger partial charge on any atom is -0.394 e. The third kappa shape index (κ3) is 7.67. The van der Waals surface area contributed by atoms with Gasteiger partial charge in [0.25, 0.3) is 0 Å². The average Bonchev–Trinajstić information content (AvgIpc) is 2.81. The number of aliphatic hydroxyl groups excluding tert-OH is 6. The van der Waals surface area contributed by atoms with Crippen molar-refractivity contribution in [1.82, 2.24) is 10.6 Å². The second-order valence-electron chi connectivity index (χ2n) is 8.22. The van der Waals surface area contributed by atoms with Gasteiger partial charge < -0.3 is 60.2 Å². The molecule has 0 aromatic heterocycles. The summed E-state index contributed by atoms with van der Waals surface area (Å²) in [4.78, 5) is 22.5. The fourth-order valence-corrected chi connectivity index (χ4v) is 3.67. The highest BCUT2D eigenvalue weighted by atomic mass is 19.4. The summed E-state index contributed by atoms with van der Waals surface area (Å²) in [5, 5.41) is 64.0. The molecule has 2 heterocycles. The lowest BCUT2D eigenvalue weighted by molar-refractivity contribution is -0.348. The molecule has 0 saturated carbocycles. The third-order valence-electron chi connectivity index (χ3n) is 5.51. The van der Waals surface area contributed by atoms with Crippen LogP contribution in [0.15, 0.2) is 0 Å². The minimum atomic E-state index is -5.04. The fourth-order valence-electron chi connectivity index (χ4n) is 3.67. The monoisotopic (exact) mass is 536 g/mol. The van der Waals surface area contributed by atoms with Gasteiger partial charge in [-0.2, -0.15) is 13.2 Å². The van der Waals surface area contributed by atoms with Gasteiger partial charge in [0.2, 0.25) is 5.91 Å². The molecular formula is C19H31F3N2O12. The van der Waals surface area contributed by atoms with Gasteiger partial charge in [-0.15, -0.1) is 0 Å². The number of rotatable bonds is 10. The number of hydrogen-bond donors (Lipinski definition) is 8. The molecule has 8 N–H and O–H groups in total. The number of carbonyl (C=O) groups is 2. The predicted octanol–water partition coefficient (Wildman–Crippen LogP) is -4.16. The maximum atomic E-state index is 12.2. The Bertz CT molecular complexity index is 730. The van der Waals surface area contributed by atoms with Gasteiger partial charge in [-0.3, -0.25) is 9.59 Å². The highest BCUT2D eigenvalue weighted by molar-refractivity contribution is 5.81. The van der Waals surface area contributed by atoms with Crippen molar-refractivity contribution in [2.45, 2.75) is 80.9 Å². The van der Waals surface area contributed by atoms with Crippen molar-refractivity contribution < 1.29 is 72.3 Å². The Balaban J connectivity index is 2.06. The van der Waals surface area contributed by atoms with E-state index in [-0.39, 0.29) is 13.0 Å². The zero-order chi connectivity index (χ0) is 27.2. The van der Waals surface area contributed by atoms with Crippen LogP contribution in [0.1, 0.15) is 13.3 Å². The van der Waals surface area contributed by atoms with Crippen LogP contribution in [0, 0.1) is 0 Å². The van der Waals surface area contributed by atoms with E-state index < -0.39 is 99.1 Å². The first kappa shape index (κ1) is 30.6. The van der Waals surface area contributed by atoms with E-state index in [2.05, 4.69) is 5.32 Å². The summed E-state index contributed by atoms with van der Waals surface area (Å²) in [6, 6.07) is -1.33. The van der Waals surface area contributed by atoms with E-state index >= 15 is 0 Å². The zero-order valence-electron chi connectivity index (χ0n) is 19.1. The Morgan fingerprint density at radius 3 is 2.08 bits per heavy atom. The number of ether oxygens (including phenoxy) is 4. The number of carbonyl (C=O) groups excluding carboxylic acids is 2. The van der Waals surface area contributed by atoms with E-state index in [0.717, 1.165) is 6.92 Å². The molecule has 0 unspecified atom stereocenters. The van der Waals surface area contributed by atoms with E-state index in [4.69, 9.17) is 18.9 Å². The van der Waals surface area contributed by atoms with Crippen molar-refractivity contribution in [2.24, 2.45) is 0 Å². The quantitative estimate of drug-likeness (QED) is 0.125. The van der Waals surface area contributed by atoms with E-state index in [1.54, 1.807) is 5.32 Å². The number of amides is 2. The Labute approximate surface area is 202 Å². The lowest BCUT2D eigenvalue weighted by Crippen LogP contribution is -2.67. The fraction of sp³-hybridized carbons (Fsp3) is 0.895. The average molecular weight is 536 g/mol. The maximum absolute atomic E-state index is 12.2. The Morgan fingerprint density at radius 1 is 0.917 bits per heavy atom. The molecule has 2 amide bonds. The van der Waals surface area contributed by atoms with Crippen molar-refractivity contribution >= 4 is 11.8 Å². The van der Waals surface area contributed by atoms with Crippen molar-refractivity contribution in [2.75, 3.05) is 26.4 Å². The van der Waals surface area contributed by atoms with E-state index in [1.807, 2.05) is 0 Å². The van der Waals surface area contributed by atoms with Gasteiger partial charge in [-0.05, 0) is 6.42 Å². The molecule has 0 aromatic carbocycles. The first-order chi connectivity index (χ1) is 16.8. The normalized spacial score (nSPS) is 37.4. The topological polar surface area (TPSA) is 216 Å². The predicted molar refractivity (Wildman–Crippen MR) is 108 cm³/mol. The summed E-state index contributed by atoms with van der Waals surface area (Å²) < 4.78 is 58.4. The molecule has 2 rings (SSSR count). The molecule has 0 aromatic rings. The van der Waals surface area contributed by atoms with Crippen molar-refractivity contribution in [3.8, 4) is 0 Å². The number of alkyl halides is 3. The number of hydrogen-bond acceptors (Lipinski definition) is 12. The summed E-state index contributed by atoms with van der Waals surface area (Å²) in [6.07, 6.45) is -19.3. The largest absolute Gasteiger partial charge is 0.471 e. The molecule has 0 spiro atoms. The highest BCUT2D eigenvalue weighted by Crippen LogP contribution is 2.29. The van der Waals surface area contributed by atoms with Crippen LogP contribution in [0.3, 0.4) is 0 Å². The number of nitrogens with one attached hydrogen (secondary N) is 2. The molecule has 10 atom stereocenters. The van der Waals surface area contributed by atoms with Gasteiger partial charge in [0.15, 0.2) is 12.6 Å². The molecule has 0 radical (unpaired) electrons. The molecule has 17 heteroatoms. The lowest BCUT2D eigenvalue weighted by Gasteiger charge is -2.47. The second kappa shape index (κ2) is 13.2. The van der Waals surface area contributed by atoms with Crippen molar-refractivity contribution in [1.29, 1.82) is 0 Å². The molecule has 2 fully saturated rings. The molecule has 0 aliphatic carbocycles. The van der Waals surface area contributed by atoms with Crippen LogP contribution < -0.4 is 10.6 Å². The lowest BCUT2D eigenvalue weighted by atomic mass is 9.95. The van der Waals surface area contributed by atoms with Crippen LogP contribution in [-0.2, 0) is 28.5 Å². The molecule has 0 bridgehead atoms. The van der Waals surface area contributed by atoms with Gasteiger partial charge in [0, 0.05) is 13.5 Å². The third-order valence-corrected chi connectivity index (χ3v) is 5.51. The van der Waals surface area contributed by atoms with Crippen molar-refractivity contribution in [3.05, 3.63) is 0 Å². The van der Waals surface area contributed by atoms with E-state index in [1.165, 1.54) is 0 Å². The van der Waals surface area contributed by atoms with Crippen LogP contribution in [0.5, 0.6) is 0 Å². The SMILES string of the molecule is CC(=O)N[C@H]1[C@H](OCCCNC(=O)C(F)(F)F)O[C@H](CO)[C@@H](O[C@@H]2O[C@H](CO)[C@@H](O)[C@H](O)[C@H]2O)[C@@H]1O. The molecule has 210 valence electrons. The summed E-state index contributed by atoms with van der Waals surface area (Å²) in [7, 11) is 0. The first-order valence-corrected chi connectivity index (χ1v) is 11.0.